The third kappa shape index (κ3) is 4.56. The molecule has 1 aromatic carbocycles. The van der Waals surface area contributed by atoms with Gasteiger partial charge in [0.25, 0.3) is 5.91 Å². The van der Waals surface area contributed by atoms with Crippen LogP contribution in [-0.4, -0.2) is 70.7 Å². The van der Waals surface area contributed by atoms with Gasteiger partial charge in [0, 0.05) is 45.2 Å². The molecule has 0 radical (unpaired) electrons. The molecule has 0 unspecified atom stereocenters. The molecule has 1 aliphatic carbocycles. The fraction of sp³-hybridized carbons (Fsp3) is 0.522. The highest BCUT2D eigenvalue weighted by atomic mass is 16.2. The molecule has 0 spiro atoms. The molecule has 1 N–H and O–H groups in total. The number of nitrogens with zero attached hydrogens (tertiary/aromatic N) is 4. The first-order chi connectivity index (χ1) is 14.6. The van der Waals surface area contributed by atoms with Crippen molar-refractivity contribution in [1.82, 2.24) is 24.9 Å². The summed E-state index contributed by atoms with van der Waals surface area (Å²) in [5.74, 6) is 0.520. The maximum absolute atomic E-state index is 12.6. The van der Waals surface area contributed by atoms with Crippen LogP contribution in [0.2, 0.25) is 0 Å². The average Bonchev–Trinajstić information content (AvgIpc) is 3.44. The van der Waals surface area contributed by atoms with Crippen LogP contribution >= 0.6 is 0 Å². The van der Waals surface area contributed by atoms with E-state index < -0.39 is 0 Å². The molecule has 1 aliphatic heterocycles. The van der Waals surface area contributed by atoms with Gasteiger partial charge in [-0.25, -0.2) is 4.68 Å². The molecule has 2 fully saturated rings. The maximum Gasteiger partial charge on any atom is 0.254 e. The van der Waals surface area contributed by atoms with E-state index in [1.54, 1.807) is 10.9 Å². The van der Waals surface area contributed by atoms with Crippen molar-refractivity contribution in [3.05, 3.63) is 47.8 Å². The number of hydrogen-bond donors (Lipinski definition) is 1. The Labute approximate surface area is 178 Å². The first-order valence-corrected chi connectivity index (χ1v) is 11.0. The zero-order valence-corrected chi connectivity index (χ0v) is 17.7. The molecule has 2 amide bonds. The third-order valence-electron chi connectivity index (χ3n) is 6.36. The number of para-hydroxylation sites is 1. The van der Waals surface area contributed by atoms with Crippen molar-refractivity contribution in [3.63, 3.8) is 0 Å². The molecular formula is C23H31N5O2. The normalized spacial score (nSPS) is 18.0. The smallest absolute Gasteiger partial charge is 0.254 e. The van der Waals surface area contributed by atoms with E-state index in [-0.39, 0.29) is 11.8 Å². The van der Waals surface area contributed by atoms with E-state index in [4.69, 9.17) is 0 Å². The first-order valence-electron chi connectivity index (χ1n) is 11.0. The summed E-state index contributed by atoms with van der Waals surface area (Å²) in [5.41, 5.74) is 2.38. The summed E-state index contributed by atoms with van der Waals surface area (Å²) in [4.78, 5) is 29.5. The maximum atomic E-state index is 12.6. The summed E-state index contributed by atoms with van der Waals surface area (Å²) in [7, 11) is 0. The highest BCUT2D eigenvalue weighted by Crippen LogP contribution is 2.26. The zero-order valence-electron chi connectivity index (χ0n) is 17.7. The zero-order chi connectivity index (χ0) is 20.9. The summed E-state index contributed by atoms with van der Waals surface area (Å²) < 4.78 is 1.79. The van der Waals surface area contributed by atoms with Gasteiger partial charge in [-0.05, 0) is 31.9 Å². The molecule has 160 valence electrons. The van der Waals surface area contributed by atoms with Crippen LogP contribution in [0.4, 0.5) is 0 Å². The van der Waals surface area contributed by atoms with E-state index in [1.807, 2.05) is 42.2 Å². The summed E-state index contributed by atoms with van der Waals surface area (Å²) in [6.07, 6.45) is 6.14. The minimum Gasteiger partial charge on any atom is -0.351 e. The van der Waals surface area contributed by atoms with Gasteiger partial charge in [-0.15, -0.1) is 0 Å². The van der Waals surface area contributed by atoms with Crippen LogP contribution < -0.4 is 5.32 Å². The second kappa shape index (κ2) is 9.43. The lowest BCUT2D eigenvalue weighted by atomic mass is 10.1. The van der Waals surface area contributed by atoms with Gasteiger partial charge in [0.05, 0.1) is 23.1 Å². The van der Waals surface area contributed by atoms with Crippen molar-refractivity contribution >= 4 is 11.8 Å². The van der Waals surface area contributed by atoms with Gasteiger partial charge < -0.3 is 10.2 Å². The van der Waals surface area contributed by atoms with Gasteiger partial charge in [-0.1, -0.05) is 31.0 Å². The fourth-order valence-electron chi connectivity index (χ4n) is 4.51. The minimum atomic E-state index is -0.0928. The summed E-state index contributed by atoms with van der Waals surface area (Å²) >= 11 is 0. The molecule has 2 aromatic rings. The number of nitrogens with one attached hydrogen (secondary N) is 1. The van der Waals surface area contributed by atoms with Crippen molar-refractivity contribution in [2.24, 2.45) is 5.92 Å². The Kier molecular flexibility index (Phi) is 6.47. The number of hydrogen-bond acceptors (Lipinski definition) is 4. The lowest BCUT2D eigenvalue weighted by Crippen LogP contribution is -2.51. The van der Waals surface area contributed by atoms with Gasteiger partial charge in [0.15, 0.2) is 0 Å². The van der Waals surface area contributed by atoms with Crippen LogP contribution in [0.15, 0.2) is 36.5 Å². The van der Waals surface area contributed by atoms with Crippen molar-refractivity contribution in [3.8, 4) is 5.69 Å². The van der Waals surface area contributed by atoms with Crippen molar-refractivity contribution < 1.29 is 9.59 Å². The molecular weight excluding hydrogens is 378 g/mol. The summed E-state index contributed by atoms with van der Waals surface area (Å²) in [6, 6.07) is 9.81. The highest BCUT2D eigenvalue weighted by Gasteiger charge is 2.29. The van der Waals surface area contributed by atoms with Crippen molar-refractivity contribution in [2.45, 2.75) is 32.6 Å². The molecule has 7 heteroatoms. The van der Waals surface area contributed by atoms with E-state index >= 15 is 0 Å². The van der Waals surface area contributed by atoms with E-state index in [9.17, 15) is 9.59 Å². The van der Waals surface area contributed by atoms with E-state index in [0.717, 1.165) is 56.9 Å². The predicted molar refractivity (Wildman–Crippen MR) is 116 cm³/mol. The molecule has 1 saturated carbocycles. The van der Waals surface area contributed by atoms with E-state index in [1.165, 1.54) is 12.8 Å². The largest absolute Gasteiger partial charge is 0.351 e. The van der Waals surface area contributed by atoms with Gasteiger partial charge in [-0.2, -0.15) is 5.10 Å². The molecule has 2 heterocycles. The Morgan fingerprint density at radius 1 is 1.07 bits per heavy atom. The second-order valence-corrected chi connectivity index (χ2v) is 8.30. The van der Waals surface area contributed by atoms with Crippen molar-refractivity contribution in [2.75, 3.05) is 39.3 Å². The van der Waals surface area contributed by atoms with Crippen LogP contribution in [0, 0.1) is 12.8 Å². The molecule has 1 aromatic heterocycles. The van der Waals surface area contributed by atoms with Crippen LogP contribution in [-0.2, 0) is 4.79 Å². The SMILES string of the molecule is Cc1c(C(=O)NCCN2CCN(C(=O)C3CCCC3)CC2)cnn1-c1ccccc1. The molecule has 0 bridgehead atoms. The third-order valence-corrected chi connectivity index (χ3v) is 6.36. The molecule has 0 atom stereocenters. The summed E-state index contributed by atoms with van der Waals surface area (Å²) in [6.45, 7) is 6.64. The van der Waals surface area contributed by atoms with Crippen LogP contribution in [0.1, 0.15) is 41.7 Å². The molecule has 4 rings (SSSR count). The first kappa shape index (κ1) is 20.6. The minimum absolute atomic E-state index is 0.0928. The van der Waals surface area contributed by atoms with E-state index in [2.05, 4.69) is 15.3 Å². The standard InChI is InChI=1S/C23H31N5O2/c1-18-21(17-25-28(18)20-9-3-2-4-10-20)22(29)24-11-12-26-13-15-27(16-14-26)23(30)19-7-5-6-8-19/h2-4,9-10,17,19H,5-8,11-16H2,1H3,(H,24,29). The van der Waals surface area contributed by atoms with Crippen LogP contribution in [0.5, 0.6) is 0 Å². The van der Waals surface area contributed by atoms with Gasteiger partial charge in [0.2, 0.25) is 5.91 Å². The Morgan fingerprint density at radius 3 is 2.47 bits per heavy atom. The molecule has 1 saturated heterocycles. The van der Waals surface area contributed by atoms with Gasteiger partial charge in [-0.3, -0.25) is 14.5 Å². The Morgan fingerprint density at radius 2 is 1.77 bits per heavy atom. The van der Waals surface area contributed by atoms with Crippen LogP contribution in [0.3, 0.4) is 0 Å². The summed E-state index contributed by atoms with van der Waals surface area (Å²) in [5, 5.41) is 7.39. The van der Waals surface area contributed by atoms with Gasteiger partial charge in [0.1, 0.15) is 0 Å². The highest BCUT2D eigenvalue weighted by molar-refractivity contribution is 5.95. The Balaban J connectivity index is 1.22. The number of amides is 2. The lowest BCUT2D eigenvalue weighted by molar-refractivity contribution is -0.137. The average molecular weight is 410 g/mol. The fourth-order valence-corrected chi connectivity index (χ4v) is 4.51. The number of carbonyl (C=O) groups excluding carboxylic acids is 2. The number of rotatable bonds is 6. The number of aromatic nitrogens is 2. The monoisotopic (exact) mass is 409 g/mol. The second-order valence-electron chi connectivity index (χ2n) is 8.30. The number of piperazine rings is 1. The Bertz CT molecular complexity index is 865. The van der Waals surface area contributed by atoms with Crippen LogP contribution in [0.25, 0.3) is 5.69 Å². The predicted octanol–water partition coefficient (Wildman–Crippen LogP) is 2.24. The lowest BCUT2D eigenvalue weighted by Gasteiger charge is -2.36. The topological polar surface area (TPSA) is 70.5 Å². The number of benzene rings is 1. The van der Waals surface area contributed by atoms with E-state index in [0.29, 0.717) is 18.0 Å². The van der Waals surface area contributed by atoms with Crippen molar-refractivity contribution in [1.29, 1.82) is 0 Å². The quantitative estimate of drug-likeness (QED) is 0.794. The van der Waals surface area contributed by atoms with Gasteiger partial charge >= 0.3 is 0 Å². The molecule has 30 heavy (non-hydrogen) atoms. The number of carbonyl (C=O) groups is 2. The Hall–Kier alpha value is -2.67. The molecule has 7 nitrogen and oxygen atoms in total. The molecule has 2 aliphatic rings.